The number of allylic oxidation sites excluding steroid dienone is 2. The maximum absolute atomic E-state index is 12.1. The number of hydrogen-bond donors (Lipinski definition) is 0. The van der Waals surface area contributed by atoms with Gasteiger partial charge in [0.15, 0.2) is 5.78 Å². The van der Waals surface area contributed by atoms with E-state index in [2.05, 4.69) is 0 Å². The van der Waals surface area contributed by atoms with Crippen LogP contribution in [0.15, 0.2) is 48.6 Å². The summed E-state index contributed by atoms with van der Waals surface area (Å²) in [5.41, 5.74) is 1.62. The molecule has 0 saturated heterocycles. The normalized spacial score (nSPS) is 10.9. The van der Waals surface area contributed by atoms with Gasteiger partial charge in [0.1, 0.15) is 23.0 Å². The van der Waals surface area contributed by atoms with E-state index in [9.17, 15) is 4.79 Å². The fourth-order valence-corrected chi connectivity index (χ4v) is 2.26. The monoisotopic (exact) mass is 354 g/mol. The highest BCUT2D eigenvalue weighted by molar-refractivity contribution is 6.04. The minimum Gasteiger partial charge on any atom is -0.497 e. The van der Waals surface area contributed by atoms with E-state index in [1.54, 1.807) is 52.7 Å². The molecule has 0 aliphatic carbocycles. The van der Waals surface area contributed by atoms with E-state index in [1.807, 2.05) is 24.3 Å². The van der Waals surface area contributed by atoms with Crippen molar-refractivity contribution in [1.82, 2.24) is 0 Å². The van der Waals surface area contributed by atoms with Crippen molar-refractivity contribution in [3.63, 3.8) is 0 Å². The highest BCUT2D eigenvalue weighted by atomic mass is 16.5. The standard InChI is InChI=1S/C21H22O5/c1-23-18-9-15(10-19(13-18)24-2)5-7-17(22)8-6-16-11-20(25-3)14-21(12-16)26-4/h5-14H,1-4H3/b7-5-,8-6-. The third kappa shape index (κ3) is 5.41. The summed E-state index contributed by atoms with van der Waals surface area (Å²) >= 11 is 0. The number of methoxy groups -OCH3 is 4. The fraction of sp³-hybridized carbons (Fsp3) is 0.190. The Balaban J connectivity index is 2.13. The molecule has 0 heterocycles. The molecule has 0 aromatic heterocycles. The number of rotatable bonds is 8. The molecule has 0 amide bonds. The molecule has 0 aliphatic heterocycles. The van der Waals surface area contributed by atoms with Crippen molar-refractivity contribution in [3.05, 3.63) is 59.7 Å². The predicted octanol–water partition coefficient (Wildman–Crippen LogP) is 4.02. The summed E-state index contributed by atoms with van der Waals surface area (Å²) in [7, 11) is 6.33. The number of carbonyl (C=O) groups is 1. The molecule has 2 rings (SSSR count). The molecule has 0 spiro atoms. The Morgan fingerprint density at radius 2 is 0.923 bits per heavy atom. The summed E-state index contributed by atoms with van der Waals surface area (Å²) in [6, 6.07) is 10.8. The fourth-order valence-electron chi connectivity index (χ4n) is 2.26. The predicted molar refractivity (Wildman–Crippen MR) is 102 cm³/mol. The first-order chi connectivity index (χ1) is 12.6. The Morgan fingerprint density at radius 3 is 1.19 bits per heavy atom. The quantitative estimate of drug-likeness (QED) is 0.670. The molecule has 0 saturated carbocycles. The second-order valence-electron chi connectivity index (χ2n) is 5.36. The SMILES string of the molecule is COc1cc(/C=C\C(=O)/C=C\c2cc(OC)cc(OC)c2)cc(OC)c1. The lowest BCUT2D eigenvalue weighted by atomic mass is 10.1. The Morgan fingerprint density at radius 1 is 0.615 bits per heavy atom. The Bertz CT molecular complexity index is 709. The van der Waals surface area contributed by atoms with Crippen molar-refractivity contribution >= 4 is 17.9 Å². The molecule has 26 heavy (non-hydrogen) atoms. The molecule has 0 unspecified atom stereocenters. The molecule has 0 radical (unpaired) electrons. The Kier molecular flexibility index (Phi) is 6.85. The lowest BCUT2D eigenvalue weighted by molar-refractivity contribution is -0.110. The molecule has 0 atom stereocenters. The second-order valence-corrected chi connectivity index (χ2v) is 5.36. The van der Waals surface area contributed by atoms with Crippen LogP contribution in [0.3, 0.4) is 0 Å². The van der Waals surface area contributed by atoms with Crippen LogP contribution in [0.25, 0.3) is 12.2 Å². The molecule has 0 N–H and O–H groups in total. The number of benzene rings is 2. The zero-order valence-electron chi connectivity index (χ0n) is 15.3. The highest BCUT2D eigenvalue weighted by Gasteiger charge is 2.01. The lowest BCUT2D eigenvalue weighted by Gasteiger charge is -2.05. The molecular weight excluding hydrogens is 332 g/mol. The molecule has 2 aromatic carbocycles. The number of carbonyl (C=O) groups excluding carboxylic acids is 1. The van der Waals surface area contributed by atoms with E-state index in [4.69, 9.17) is 18.9 Å². The molecule has 0 fully saturated rings. The smallest absolute Gasteiger partial charge is 0.178 e. The van der Waals surface area contributed by atoms with E-state index in [0.717, 1.165) is 11.1 Å². The van der Waals surface area contributed by atoms with Crippen molar-refractivity contribution in [2.24, 2.45) is 0 Å². The number of ether oxygens (including phenoxy) is 4. The molecular formula is C21H22O5. The minimum absolute atomic E-state index is 0.145. The van der Waals surface area contributed by atoms with Crippen molar-refractivity contribution < 1.29 is 23.7 Å². The lowest BCUT2D eigenvalue weighted by Crippen LogP contribution is -1.90. The van der Waals surface area contributed by atoms with Gasteiger partial charge < -0.3 is 18.9 Å². The van der Waals surface area contributed by atoms with Gasteiger partial charge in [0, 0.05) is 12.1 Å². The molecule has 136 valence electrons. The van der Waals surface area contributed by atoms with Gasteiger partial charge in [0.2, 0.25) is 0 Å². The van der Waals surface area contributed by atoms with Crippen molar-refractivity contribution in [2.75, 3.05) is 28.4 Å². The van der Waals surface area contributed by atoms with Crippen LogP contribution in [0.5, 0.6) is 23.0 Å². The summed E-state index contributed by atoms with van der Waals surface area (Å²) in [6.45, 7) is 0. The maximum Gasteiger partial charge on any atom is 0.178 e. The van der Waals surface area contributed by atoms with Crippen LogP contribution in [0.2, 0.25) is 0 Å². The summed E-state index contributed by atoms with van der Waals surface area (Å²) in [4.78, 5) is 12.1. The third-order valence-electron chi connectivity index (χ3n) is 3.63. The zero-order valence-corrected chi connectivity index (χ0v) is 15.3. The van der Waals surface area contributed by atoms with Crippen molar-refractivity contribution in [3.8, 4) is 23.0 Å². The van der Waals surface area contributed by atoms with Gasteiger partial charge >= 0.3 is 0 Å². The first kappa shape index (κ1) is 19.1. The van der Waals surface area contributed by atoms with Gasteiger partial charge in [-0.2, -0.15) is 0 Å². The van der Waals surface area contributed by atoms with Gasteiger partial charge in [-0.25, -0.2) is 0 Å². The highest BCUT2D eigenvalue weighted by Crippen LogP contribution is 2.24. The number of ketones is 1. The van der Waals surface area contributed by atoms with Gasteiger partial charge in [-0.15, -0.1) is 0 Å². The van der Waals surface area contributed by atoms with Crippen LogP contribution < -0.4 is 18.9 Å². The van der Waals surface area contributed by atoms with E-state index in [-0.39, 0.29) is 5.78 Å². The van der Waals surface area contributed by atoms with E-state index in [0.29, 0.717) is 23.0 Å². The summed E-state index contributed by atoms with van der Waals surface area (Å²) in [5, 5.41) is 0. The van der Waals surface area contributed by atoms with Crippen LogP contribution in [0.1, 0.15) is 11.1 Å². The van der Waals surface area contributed by atoms with Gasteiger partial charge in [-0.3, -0.25) is 4.79 Å². The van der Waals surface area contributed by atoms with Crippen molar-refractivity contribution in [2.45, 2.75) is 0 Å². The van der Waals surface area contributed by atoms with Gasteiger partial charge in [0.25, 0.3) is 0 Å². The summed E-state index contributed by atoms with van der Waals surface area (Å²) in [5.74, 6) is 2.51. The molecule has 5 nitrogen and oxygen atoms in total. The minimum atomic E-state index is -0.145. The Labute approximate surface area is 153 Å². The van der Waals surface area contributed by atoms with Crippen LogP contribution >= 0.6 is 0 Å². The molecule has 5 heteroatoms. The van der Waals surface area contributed by atoms with Gasteiger partial charge in [0.05, 0.1) is 28.4 Å². The molecule has 0 aliphatic rings. The summed E-state index contributed by atoms with van der Waals surface area (Å²) < 4.78 is 20.9. The van der Waals surface area contributed by atoms with E-state index in [1.165, 1.54) is 12.2 Å². The van der Waals surface area contributed by atoms with Gasteiger partial charge in [-0.1, -0.05) is 12.2 Å². The summed E-state index contributed by atoms with van der Waals surface area (Å²) in [6.07, 6.45) is 6.40. The first-order valence-corrected chi connectivity index (χ1v) is 7.94. The van der Waals surface area contributed by atoms with Crippen LogP contribution in [-0.2, 0) is 4.79 Å². The van der Waals surface area contributed by atoms with E-state index >= 15 is 0 Å². The van der Waals surface area contributed by atoms with Crippen LogP contribution in [0.4, 0.5) is 0 Å². The molecule has 0 bridgehead atoms. The zero-order chi connectivity index (χ0) is 18.9. The average Bonchev–Trinajstić information content (AvgIpc) is 2.69. The second kappa shape index (κ2) is 9.32. The van der Waals surface area contributed by atoms with Crippen molar-refractivity contribution in [1.29, 1.82) is 0 Å². The third-order valence-corrected chi connectivity index (χ3v) is 3.63. The van der Waals surface area contributed by atoms with Crippen LogP contribution in [-0.4, -0.2) is 34.2 Å². The maximum atomic E-state index is 12.1. The van der Waals surface area contributed by atoms with Gasteiger partial charge in [-0.05, 0) is 47.5 Å². The van der Waals surface area contributed by atoms with Crippen LogP contribution in [0, 0.1) is 0 Å². The first-order valence-electron chi connectivity index (χ1n) is 7.94. The topological polar surface area (TPSA) is 54.0 Å². The largest absolute Gasteiger partial charge is 0.497 e. The van der Waals surface area contributed by atoms with E-state index < -0.39 is 0 Å². The molecule has 2 aromatic rings. The number of hydrogen-bond acceptors (Lipinski definition) is 5. The average molecular weight is 354 g/mol. The Hall–Kier alpha value is -3.21.